The maximum Gasteiger partial charge on any atom is 0.254 e. The van der Waals surface area contributed by atoms with Crippen LogP contribution in [0.3, 0.4) is 0 Å². The van der Waals surface area contributed by atoms with Crippen molar-refractivity contribution in [3.63, 3.8) is 0 Å². The first-order valence-corrected chi connectivity index (χ1v) is 12.9. The molecule has 0 saturated heterocycles. The Morgan fingerprint density at radius 3 is 2.49 bits per heavy atom. The second kappa shape index (κ2) is 9.81. The van der Waals surface area contributed by atoms with Gasteiger partial charge in [0.25, 0.3) is 5.91 Å². The molecule has 1 saturated carbocycles. The van der Waals surface area contributed by atoms with E-state index in [9.17, 15) is 9.59 Å². The summed E-state index contributed by atoms with van der Waals surface area (Å²) in [7, 11) is 1.63. The Hall–Kier alpha value is -4.00. The standard InChI is InChI=1S/C30H30N2O5/c1-35-22-14-11-19(12-15-22)28-27(29(33)31-20-13-16-25-26(17-20)37-18-36-25)23-9-5-6-10-24(23)30(34)32(28)21-7-3-2-4-8-21/h5-6,9-17,21,27-28H,2-4,7-8,18H2,1H3,(H,31,33)/t27-,28+/m1/s1. The van der Waals surface area contributed by atoms with Gasteiger partial charge in [-0.2, -0.15) is 0 Å². The minimum atomic E-state index is -0.588. The molecular formula is C30H30N2O5. The maximum atomic E-state index is 14.1. The Morgan fingerprint density at radius 1 is 0.946 bits per heavy atom. The first-order valence-electron chi connectivity index (χ1n) is 12.9. The lowest BCUT2D eigenvalue weighted by Crippen LogP contribution is -2.51. The molecule has 2 amide bonds. The summed E-state index contributed by atoms with van der Waals surface area (Å²) >= 11 is 0. The second-order valence-corrected chi connectivity index (χ2v) is 9.84. The maximum absolute atomic E-state index is 14.1. The Labute approximate surface area is 216 Å². The number of methoxy groups -OCH3 is 1. The third-order valence-electron chi connectivity index (χ3n) is 7.72. The number of anilines is 1. The van der Waals surface area contributed by atoms with Crippen molar-refractivity contribution in [1.82, 2.24) is 4.90 Å². The Bertz CT molecular complexity index is 1320. The molecule has 2 aliphatic heterocycles. The first-order chi connectivity index (χ1) is 18.1. The molecule has 3 aromatic carbocycles. The fraction of sp³-hybridized carbons (Fsp3) is 0.333. The van der Waals surface area contributed by atoms with Crippen molar-refractivity contribution in [3.05, 3.63) is 83.4 Å². The lowest BCUT2D eigenvalue weighted by Gasteiger charge is -2.46. The average Bonchev–Trinajstić information content (AvgIpc) is 3.41. The highest BCUT2D eigenvalue weighted by molar-refractivity contribution is 6.04. The number of benzene rings is 3. The number of nitrogens with one attached hydrogen (secondary N) is 1. The molecule has 7 nitrogen and oxygen atoms in total. The molecule has 1 fully saturated rings. The summed E-state index contributed by atoms with van der Waals surface area (Å²) in [6.45, 7) is 0.167. The molecule has 190 valence electrons. The van der Waals surface area contributed by atoms with E-state index < -0.39 is 12.0 Å². The van der Waals surface area contributed by atoms with Crippen LogP contribution < -0.4 is 19.5 Å². The fourth-order valence-corrected chi connectivity index (χ4v) is 5.94. The first kappa shape index (κ1) is 23.4. The molecule has 2 atom stereocenters. The van der Waals surface area contributed by atoms with Crippen LogP contribution >= 0.6 is 0 Å². The van der Waals surface area contributed by atoms with Gasteiger partial charge < -0.3 is 24.4 Å². The van der Waals surface area contributed by atoms with Gasteiger partial charge in [0.15, 0.2) is 11.5 Å². The summed E-state index contributed by atoms with van der Waals surface area (Å²) in [4.78, 5) is 30.1. The van der Waals surface area contributed by atoms with Crippen LogP contribution in [0.4, 0.5) is 5.69 Å². The summed E-state index contributed by atoms with van der Waals surface area (Å²) < 4.78 is 16.3. The predicted octanol–water partition coefficient (Wildman–Crippen LogP) is 5.68. The number of hydrogen-bond donors (Lipinski definition) is 1. The van der Waals surface area contributed by atoms with Crippen LogP contribution in [-0.4, -0.2) is 36.7 Å². The Kier molecular flexibility index (Phi) is 6.20. The summed E-state index contributed by atoms with van der Waals surface area (Å²) in [5.74, 6) is 1.24. The van der Waals surface area contributed by atoms with Crippen molar-refractivity contribution in [2.24, 2.45) is 0 Å². The number of rotatable bonds is 5. The smallest absolute Gasteiger partial charge is 0.254 e. The molecule has 0 unspecified atom stereocenters. The zero-order chi connectivity index (χ0) is 25.4. The quantitative estimate of drug-likeness (QED) is 0.490. The number of hydrogen-bond acceptors (Lipinski definition) is 5. The average molecular weight is 499 g/mol. The van der Waals surface area contributed by atoms with Gasteiger partial charge in [0, 0.05) is 23.4 Å². The van der Waals surface area contributed by atoms with Crippen molar-refractivity contribution in [1.29, 1.82) is 0 Å². The molecule has 37 heavy (non-hydrogen) atoms. The summed E-state index contributed by atoms with van der Waals surface area (Å²) in [6, 6.07) is 20.3. The lowest BCUT2D eigenvalue weighted by molar-refractivity contribution is -0.119. The predicted molar refractivity (Wildman–Crippen MR) is 139 cm³/mol. The third kappa shape index (κ3) is 4.28. The Balaban J connectivity index is 1.45. The van der Waals surface area contributed by atoms with E-state index in [4.69, 9.17) is 14.2 Å². The molecule has 6 rings (SSSR count). The van der Waals surface area contributed by atoms with E-state index in [0.717, 1.165) is 42.6 Å². The summed E-state index contributed by atoms with van der Waals surface area (Å²) in [5, 5.41) is 3.11. The molecule has 0 radical (unpaired) electrons. The zero-order valence-corrected chi connectivity index (χ0v) is 20.8. The van der Waals surface area contributed by atoms with Crippen LogP contribution in [0.25, 0.3) is 0 Å². The number of nitrogens with zero attached hydrogens (tertiary/aromatic N) is 1. The van der Waals surface area contributed by atoms with E-state index in [-0.39, 0.29) is 24.6 Å². The van der Waals surface area contributed by atoms with Crippen LogP contribution in [0.1, 0.15) is 65.5 Å². The van der Waals surface area contributed by atoms with Gasteiger partial charge >= 0.3 is 0 Å². The van der Waals surface area contributed by atoms with E-state index >= 15 is 0 Å². The number of ether oxygens (including phenoxy) is 3. The molecular weight excluding hydrogens is 468 g/mol. The van der Waals surface area contributed by atoms with Crippen molar-refractivity contribution in [2.45, 2.75) is 50.1 Å². The van der Waals surface area contributed by atoms with Crippen molar-refractivity contribution in [3.8, 4) is 17.2 Å². The fourth-order valence-electron chi connectivity index (χ4n) is 5.94. The van der Waals surface area contributed by atoms with Gasteiger partial charge in [-0.1, -0.05) is 49.6 Å². The van der Waals surface area contributed by atoms with Gasteiger partial charge in [-0.15, -0.1) is 0 Å². The van der Waals surface area contributed by atoms with Crippen LogP contribution in [0.2, 0.25) is 0 Å². The van der Waals surface area contributed by atoms with Crippen LogP contribution in [0.5, 0.6) is 17.2 Å². The normalized spacial score (nSPS) is 20.9. The third-order valence-corrected chi connectivity index (χ3v) is 7.72. The highest BCUT2D eigenvalue weighted by atomic mass is 16.7. The molecule has 1 N–H and O–H groups in total. The number of carbonyl (C=O) groups excluding carboxylic acids is 2. The van der Waals surface area contributed by atoms with Gasteiger partial charge in [0.2, 0.25) is 12.7 Å². The highest BCUT2D eigenvalue weighted by Crippen LogP contribution is 2.46. The summed E-state index contributed by atoms with van der Waals surface area (Å²) in [5.41, 5.74) is 2.89. The van der Waals surface area contributed by atoms with E-state index in [1.165, 1.54) is 6.42 Å². The molecule has 1 aliphatic carbocycles. The molecule has 0 spiro atoms. The van der Waals surface area contributed by atoms with Gasteiger partial charge in [0.05, 0.1) is 19.1 Å². The van der Waals surface area contributed by atoms with E-state index in [1.807, 2.05) is 59.5 Å². The minimum Gasteiger partial charge on any atom is -0.497 e. The van der Waals surface area contributed by atoms with Crippen molar-refractivity contribution in [2.75, 3.05) is 19.2 Å². The van der Waals surface area contributed by atoms with Crippen LogP contribution in [0, 0.1) is 0 Å². The second-order valence-electron chi connectivity index (χ2n) is 9.84. The van der Waals surface area contributed by atoms with Gasteiger partial charge in [-0.25, -0.2) is 0 Å². The largest absolute Gasteiger partial charge is 0.497 e. The van der Waals surface area contributed by atoms with E-state index in [2.05, 4.69) is 5.32 Å². The SMILES string of the molecule is COc1ccc([C@H]2[C@H](C(=O)Nc3ccc4c(c3)OCO4)c3ccccc3C(=O)N2C2CCCCC2)cc1. The zero-order valence-electron chi connectivity index (χ0n) is 20.8. The van der Waals surface area contributed by atoms with E-state index in [1.54, 1.807) is 19.2 Å². The highest BCUT2D eigenvalue weighted by Gasteiger charge is 2.46. The minimum absolute atomic E-state index is 0.00422. The molecule has 0 aromatic heterocycles. The Morgan fingerprint density at radius 2 is 1.70 bits per heavy atom. The van der Waals surface area contributed by atoms with E-state index in [0.29, 0.717) is 22.7 Å². The van der Waals surface area contributed by atoms with Crippen LogP contribution in [0.15, 0.2) is 66.7 Å². The lowest BCUT2D eigenvalue weighted by atomic mass is 9.77. The number of amides is 2. The van der Waals surface area contributed by atoms with Crippen molar-refractivity contribution < 1.29 is 23.8 Å². The summed E-state index contributed by atoms with van der Waals surface area (Å²) in [6.07, 6.45) is 5.23. The monoisotopic (exact) mass is 498 g/mol. The van der Waals surface area contributed by atoms with Gasteiger partial charge in [-0.05, 0) is 54.3 Å². The molecule has 7 heteroatoms. The topological polar surface area (TPSA) is 77.1 Å². The molecule has 3 aromatic rings. The van der Waals surface area contributed by atoms with Crippen LogP contribution in [-0.2, 0) is 4.79 Å². The number of carbonyl (C=O) groups is 2. The molecule has 2 heterocycles. The van der Waals surface area contributed by atoms with Gasteiger partial charge in [0.1, 0.15) is 5.75 Å². The van der Waals surface area contributed by atoms with Crippen molar-refractivity contribution >= 4 is 17.5 Å². The molecule has 3 aliphatic rings. The number of fused-ring (bicyclic) bond motifs is 2. The van der Waals surface area contributed by atoms with Gasteiger partial charge in [-0.3, -0.25) is 9.59 Å². The molecule has 0 bridgehead atoms.